The van der Waals surface area contributed by atoms with Crippen LogP contribution in [0.4, 0.5) is 8.78 Å². The predicted octanol–water partition coefficient (Wildman–Crippen LogP) is 3.66. The Morgan fingerprint density at radius 1 is 1.11 bits per heavy atom. The van der Waals surface area contributed by atoms with E-state index < -0.39 is 12.5 Å². The predicted molar refractivity (Wildman–Crippen MR) is 94.1 cm³/mol. The average Bonchev–Trinajstić information content (AvgIpc) is 2.73. The lowest BCUT2D eigenvalue weighted by Gasteiger charge is -2.19. The minimum Gasteiger partial charge on any atom is -0.496 e. The molecule has 1 N–H and O–H groups in total. The van der Waals surface area contributed by atoms with Crippen molar-refractivity contribution in [2.45, 2.75) is 12.5 Å². The van der Waals surface area contributed by atoms with Gasteiger partial charge in [0.2, 0.25) is 0 Å². The number of methoxy groups -OCH3 is 1. The molecule has 3 rings (SSSR count). The van der Waals surface area contributed by atoms with Gasteiger partial charge in [0.15, 0.2) is 5.82 Å². The first kappa shape index (κ1) is 18.4. The summed E-state index contributed by atoms with van der Waals surface area (Å²) in [5.74, 6) is -2.86. The molecule has 0 saturated carbocycles. The van der Waals surface area contributed by atoms with E-state index in [0.717, 1.165) is 12.4 Å². The number of nitrogens with zero attached hydrogens (tertiary/aromatic N) is 3. The Kier molecular flexibility index (Phi) is 5.10. The van der Waals surface area contributed by atoms with Crippen LogP contribution >= 0.6 is 0 Å². The number of alkyl halides is 2. The maximum atomic E-state index is 15.0. The quantitative estimate of drug-likeness (QED) is 0.745. The van der Waals surface area contributed by atoms with E-state index in [0.29, 0.717) is 22.4 Å². The molecule has 7 heteroatoms. The summed E-state index contributed by atoms with van der Waals surface area (Å²) in [6.45, 7) is -0.423. The number of aliphatic hydroxyl groups excluding tert-OH is 1. The first-order valence-corrected chi connectivity index (χ1v) is 7.98. The zero-order valence-corrected chi connectivity index (χ0v) is 14.4. The van der Waals surface area contributed by atoms with Gasteiger partial charge in [-0.1, -0.05) is 12.1 Å². The van der Waals surface area contributed by atoms with E-state index in [2.05, 4.69) is 9.97 Å². The van der Waals surface area contributed by atoms with Crippen molar-refractivity contribution < 1.29 is 18.6 Å². The molecule has 2 aromatic carbocycles. The summed E-state index contributed by atoms with van der Waals surface area (Å²) in [4.78, 5) is 7.45. The van der Waals surface area contributed by atoms with E-state index >= 15 is 0 Å². The normalized spacial score (nSPS) is 11.1. The lowest BCUT2D eigenvalue weighted by Crippen LogP contribution is -2.16. The van der Waals surface area contributed by atoms with E-state index in [9.17, 15) is 8.78 Å². The first-order chi connectivity index (χ1) is 13.0. The largest absolute Gasteiger partial charge is 0.496 e. The molecule has 1 heterocycles. The maximum absolute atomic E-state index is 15.0. The summed E-state index contributed by atoms with van der Waals surface area (Å²) in [5, 5.41) is 18.0. The lowest BCUT2D eigenvalue weighted by atomic mass is 9.96. The van der Waals surface area contributed by atoms with Crippen molar-refractivity contribution in [3.8, 4) is 22.9 Å². The van der Waals surface area contributed by atoms with Crippen LogP contribution in [0.1, 0.15) is 22.5 Å². The minimum atomic E-state index is -3.35. The number of halogens is 2. The fourth-order valence-corrected chi connectivity index (χ4v) is 2.65. The molecular formula is C20H15F2N3O2. The number of aliphatic hydroxyl groups is 1. The lowest BCUT2D eigenvalue weighted by molar-refractivity contribution is 0.0419. The third-order valence-electron chi connectivity index (χ3n) is 4.07. The van der Waals surface area contributed by atoms with Gasteiger partial charge in [-0.05, 0) is 35.9 Å². The van der Waals surface area contributed by atoms with Crippen molar-refractivity contribution in [2.24, 2.45) is 0 Å². The smallest absolute Gasteiger partial charge is 0.301 e. The average molecular weight is 367 g/mol. The minimum absolute atomic E-state index is 0.0679. The monoisotopic (exact) mass is 367 g/mol. The van der Waals surface area contributed by atoms with Gasteiger partial charge in [0.25, 0.3) is 0 Å². The van der Waals surface area contributed by atoms with Crippen LogP contribution in [0.25, 0.3) is 11.1 Å². The molecule has 0 aliphatic carbocycles. The highest BCUT2D eigenvalue weighted by Gasteiger charge is 2.35. The molecule has 0 aliphatic heterocycles. The number of aromatic nitrogens is 2. The summed E-state index contributed by atoms with van der Waals surface area (Å²) in [5.41, 5.74) is 0.803. The Bertz CT molecular complexity index is 999. The Morgan fingerprint density at radius 2 is 1.85 bits per heavy atom. The number of hydrogen-bond acceptors (Lipinski definition) is 5. The highest BCUT2D eigenvalue weighted by atomic mass is 19.3. The van der Waals surface area contributed by atoms with Crippen LogP contribution in [0.3, 0.4) is 0 Å². The Morgan fingerprint density at radius 3 is 2.48 bits per heavy atom. The molecule has 1 aromatic heterocycles. The van der Waals surface area contributed by atoms with E-state index in [1.165, 1.54) is 25.3 Å². The Balaban J connectivity index is 2.09. The van der Waals surface area contributed by atoms with Gasteiger partial charge in [-0.25, -0.2) is 9.97 Å². The molecule has 0 unspecified atom stereocenters. The molecule has 0 amide bonds. The van der Waals surface area contributed by atoms with Crippen LogP contribution in [0.5, 0.6) is 5.75 Å². The summed E-state index contributed by atoms with van der Waals surface area (Å²) in [6.07, 6.45) is 2.00. The maximum Gasteiger partial charge on any atom is 0.301 e. The van der Waals surface area contributed by atoms with Crippen molar-refractivity contribution in [3.63, 3.8) is 0 Å². The molecule has 3 aromatic rings. The van der Waals surface area contributed by atoms with E-state index in [4.69, 9.17) is 15.1 Å². The Hall–Kier alpha value is -3.37. The molecule has 5 nitrogen and oxygen atoms in total. The first-order valence-electron chi connectivity index (χ1n) is 7.98. The number of nitriles is 1. The summed E-state index contributed by atoms with van der Waals surface area (Å²) < 4.78 is 35.2. The molecule has 0 saturated heterocycles. The zero-order valence-electron chi connectivity index (χ0n) is 14.4. The molecule has 0 fully saturated rings. The molecule has 0 aliphatic rings. The van der Waals surface area contributed by atoms with E-state index in [1.807, 2.05) is 6.07 Å². The molecule has 27 heavy (non-hydrogen) atoms. The summed E-state index contributed by atoms with van der Waals surface area (Å²) >= 11 is 0. The third kappa shape index (κ3) is 3.61. The summed E-state index contributed by atoms with van der Waals surface area (Å²) in [7, 11) is 1.45. The van der Waals surface area contributed by atoms with Crippen molar-refractivity contribution in [3.05, 3.63) is 77.4 Å². The number of rotatable bonds is 5. The van der Waals surface area contributed by atoms with Crippen molar-refractivity contribution in [2.75, 3.05) is 7.11 Å². The highest BCUT2D eigenvalue weighted by molar-refractivity contribution is 5.72. The summed E-state index contributed by atoms with van der Waals surface area (Å²) in [6, 6.07) is 12.7. The highest BCUT2D eigenvalue weighted by Crippen LogP contribution is 2.40. The zero-order chi connectivity index (χ0) is 19.4. The van der Waals surface area contributed by atoms with Gasteiger partial charge in [-0.3, -0.25) is 0 Å². The third-order valence-corrected chi connectivity index (χ3v) is 4.07. The van der Waals surface area contributed by atoms with Crippen molar-refractivity contribution in [1.29, 1.82) is 5.26 Å². The molecule has 136 valence electrons. The molecule has 0 radical (unpaired) electrons. The van der Waals surface area contributed by atoms with Crippen LogP contribution in [0.2, 0.25) is 0 Å². The molecular weight excluding hydrogens is 352 g/mol. The second-order valence-electron chi connectivity index (χ2n) is 5.73. The molecule has 0 bridgehead atoms. The number of ether oxygens (including phenoxy) is 1. The molecule has 0 spiro atoms. The van der Waals surface area contributed by atoms with E-state index in [-0.39, 0.29) is 17.0 Å². The standard InChI is InChI=1S/C20H15F2N3O2/c1-27-18-6-5-15(8-17(18)14-4-2-3-13(7-14)9-23)20(21,22)16-10-24-19(12-26)25-11-16/h2-8,10-11,26H,12H2,1H3. The topological polar surface area (TPSA) is 79.0 Å². The van der Waals surface area contributed by atoms with Crippen molar-refractivity contribution in [1.82, 2.24) is 9.97 Å². The molecule has 0 atom stereocenters. The Labute approximate surface area is 154 Å². The van der Waals surface area contributed by atoms with Gasteiger partial charge in [-0.2, -0.15) is 14.0 Å². The second-order valence-corrected chi connectivity index (χ2v) is 5.73. The van der Waals surface area contributed by atoms with Crippen LogP contribution in [0, 0.1) is 11.3 Å². The number of benzene rings is 2. The van der Waals surface area contributed by atoms with Crippen LogP contribution in [-0.4, -0.2) is 22.2 Å². The van der Waals surface area contributed by atoms with E-state index in [1.54, 1.807) is 24.3 Å². The van der Waals surface area contributed by atoms with Gasteiger partial charge in [0.1, 0.15) is 12.4 Å². The fraction of sp³-hybridized carbons (Fsp3) is 0.150. The van der Waals surface area contributed by atoms with Gasteiger partial charge in [0, 0.05) is 23.5 Å². The SMILES string of the molecule is COc1ccc(C(F)(F)c2cnc(CO)nc2)cc1-c1cccc(C#N)c1. The number of hydrogen-bond donors (Lipinski definition) is 1. The van der Waals surface area contributed by atoms with Crippen LogP contribution < -0.4 is 4.74 Å². The van der Waals surface area contributed by atoms with Crippen molar-refractivity contribution >= 4 is 0 Å². The van der Waals surface area contributed by atoms with Gasteiger partial charge < -0.3 is 9.84 Å². The van der Waals surface area contributed by atoms with Gasteiger partial charge >= 0.3 is 5.92 Å². The second kappa shape index (κ2) is 7.48. The van der Waals surface area contributed by atoms with Gasteiger partial charge in [-0.15, -0.1) is 0 Å². The van der Waals surface area contributed by atoms with Crippen LogP contribution in [0.15, 0.2) is 54.9 Å². The van der Waals surface area contributed by atoms with Crippen LogP contribution in [-0.2, 0) is 12.5 Å². The van der Waals surface area contributed by atoms with Gasteiger partial charge in [0.05, 0.1) is 24.3 Å². The fourth-order valence-electron chi connectivity index (χ4n) is 2.65.